The molecule has 0 spiro atoms. The molecule has 7 heteroatoms. The first-order valence-electron chi connectivity index (χ1n) is 12.2. The van der Waals surface area contributed by atoms with E-state index >= 15 is 0 Å². The molecule has 2 aliphatic carbocycles. The summed E-state index contributed by atoms with van der Waals surface area (Å²) >= 11 is 0. The van der Waals surface area contributed by atoms with Crippen molar-refractivity contribution in [2.24, 2.45) is 11.8 Å². The van der Waals surface area contributed by atoms with Crippen LogP contribution in [0.5, 0.6) is 5.75 Å². The highest BCUT2D eigenvalue weighted by Gasteiger charge is 2.44. The van der Waals surface area contributed by atoms with Gasteiger partial charge < -0.3 is 9.64 Å². The number of ether oxygens (including phenoxy) is 1. The van der Waals surface area contributed by atoms with Crippen molar-refractivity contribution >= 4 is 17.7 Å². The second kappa shape index (κ2) is 7.87. The molecular weight excluding hydrogens is 406 g/mol. The number of benzene rings is 1. The fourth-order valence-electron chi connectivity index (χ4n) is 6.12. The summed E-state index contributed by atoms with van der Waals surface area (Å²) in [6.07, 6.45) is 8.46. The van der Waals surface area contributed by atoms with Gasteiger partial charge in [-0.05, 0) is 74.1 Å². The molecule has 7 nitrogen and oxygen atoms in total. The number of nitrogens with one attached hydrogen (secondary N) is 1. The van der Waals surface area contributed by atoms with E-state index in [4.69, 9.17) is 4.74 Å². The van der Waals surface area contributed by atoms with E-state index in [9.17, 15) is 14.4 Å². The predicted molar refractivity (Wildman–Crippen MR) is 117 cm³/mol. The molecule has 5 aliphatic rings. The highest BCUT2D eigenvalue weighted by Crippen LogP contribution is 2.43. The van der Waals surface area contributed by atoms with Gasteiger partial charge in [-0.3, -0.25) is 24.6 Å². The van der Waals surface area contributed by atoms with Gasteiger partial charge in [-0.1, -0.05) is 6.42 Å². The van der Waals surface area contributed by atoms with E-state index in [0.717, 1.165) is 29.6 Å². The summed E-state index contributed by atoms with van der Waals surface area (Å²) < 4.78 is 6.52. The molecule has 4 fully saturated rings. The van der Waals surface area contributed by atoms with Crippen LogP contribution in [0.25, 0.3) is 0 Å². The van der Waals surface area contributed by atoms with Crippen LogP contribution in [-0.2, 0) is 16.1 Å². The van der Waals surface area contributed by atoms with E-state index in [2.05, 4.69) is 10.2 Å². The Morgan fingerprint density at radius 2 is 1.75 bits per heavy atom. The Labute approximate surface area is 188 Å². The Morgan fingerprint density at radius 1 is 0.938 bits per heavy atom. The molecule has 0 bridgehead atoms. The van der Waals surface area contributed by atoms with Crippen LogP contribution in [0.1, 0.15) is 67.3 Å². The molecule has 0 aromatic heterocycles. The molecule has 2 saturated heterocycles. The summed E-state index contributed by atoms with van der Waals surface area (Å²) in [5, 5.41) is 2.36. The van der Waals surface area contributed by atoms with Crippen LogP contribution >= 0.6 is 0 Å². The molecule has 3 heterocycles. The zero-order valence-electron chi connectivity index (χ0n) is 18.4. The first kappa shape index (κ1) is 20.2. The number of likely N-dealkylation sites (tertiary alicyclic amines) is 1. The number of carbonyl (C=O) groups excluding carboxylic acids is 3. The molecule has 1 aromatic rings. The molecular formula is C25H31N3O4. The minimum absolute atomic E-state index is 0.136. The number of piperidine rings is 1. The van der Waals surface area contributed by atoms with Gasteiger partial charge in [0.1, 0.15) is 17.9 Å². The Hall–Kier alpha value is -2.41. The smallest absolute Gasteiger partial charge is 0.255 e. The maximum absolute atomic E-state index is 12.9. The van der Waals surface area contributed by atoms with Crippen LogP contribution < -0.4 is 10.1 Å². The number of hydrogen-bond donors (Lipinski definition) is 1. The second-order valence-corrected chi connectivity index (χ2v) is 10.3. The van der Waals surface area contributed by atoms with E-state index in [-0.39, 0.29) is 30.2 Å². The molecule has 3 atom stereocenters. The molecule has 2 saturated carbocycles. The average molecular weight is 438 g/mol. The summed E-state index contributed by atoms with van der Waals surface area (Å²) in [6, 6.07) is 5.63. The highest BCUT2D eigenvalue weighted by molar-refractivity contribution is 6.05. The maximum Gasteiger partial charge on any atom is 0.255 e. The molecule has 3 amide bonds. The third-order valence-electron chi connectivity index (χ3n) is 8.15. The van der Waals surface area contributed by atoms with E-state index < -0.39 is 6.04 Å². The lowest BCUT2D eigenvalue weighted by atomic mass is 9.85. The summed E-state index contributed by atoms with van der Waals surface area (Å²) in [5.41, 5.74) is 1.54. The molecule has 6 rings (SSSR count). The van der Waals surface area contributed by atoms with Crippen LogP contribution in [0.15, 0.2) is 18.2 Å². The Bertz CT molecular complexity index is 953. The zero-order valence-corrected chi connectivity index (χ0v) is 18.4. The third-order valence-corrected chi connectivity index (χ3v) is 8.15. The fraction of sp³-hybridized carbons (Fsp3) is 0.640. The van der Waals surface area contributed by atoms with Crippen LogP contribution in [0, 0.1) is 11.8 Å². The Morgan fingerprint density at radius 3 is 2.53 bits per heavy atom. The summed E-state index contributed by atoms with van der Waals surface area (Å²) in [4.78, 5) is 40.9. The van der Waals surface area contributed by atoms with Gasteiger partial charge in [0.25, 0.3) is 5.91 Å². The number of fused-ring (bicyclic) bond motifs is 1. The molecule has 170 valence electrons. The van der Waals surface area contributed by atoms with Crippen molar-refractivity contribution in [2.75, 3.05) is 13.1 Å². The number of rotatable bonds is 5. The maximum atomic E-state index is 12.9. The van der Waals surface area contributed by atoms with Crippen molar-refractivity contribution in [2.45, 2.75) is 76.1 Å². The van der Waals surface area contributed by atoms with Crippen molar-refractivity contribution in [3.8, 4) is 5.75 Å². The van der Waals surface area contributed by atoms with Gasteiger partial charge in [0.2, 0.25) is 11.8 Å². The monoisotopic (exact) mass is 437 g/mol. The lowest BCUT2D eigenvalue weighted by Gasteiger charge is -2.48. The third kappa shape index (κ3) is 3.60. The minimum atomic E-state index is -0.578. The number of imide groups is 1. The number of hydrogen-bond acceptors (Lipinski definition) is 5. The molecule has 32 heavy (non-hydrogen) atoms. The van der Waals surface area contributed by atoms with Gasteiger partial charge >= 0.3 is 0 Å². The minimum Gasteiger partial charge on any atom is -0.489 e. The predicted octanol–water partition coefficient (Wildman–Crippen LogP) is 2.48. The zero-order chi connectivity index (χ0) is 21.8. The fourth-order valence-corrected chi connectivity index (χ4v) is 6.12. The quantitative estimate of drug-likeness (QED) is 0.716. The standard InChI is InChI=1S/C25H31N3O4/c29-23-10-9-21(24(30)26-23)28-14-16-11-18(7-8-19(16)25(28)31)32-22-4-2-1-3-20(22)27-12-17(13-27)15-5-6-15/h7-8,11,15,17,20-22H,1-6,9-10,12-14H2,(H,26,29,30)/t20-,21?,22-/m1/s1. The van der Waals surface area contributed by atoms with Gasteiger partial charge in [-0.2, -0.15) is 0 Å². The largest absolute Gasteiger partial charge is 0.489 e. The lowest BCUT2D eigenvalue weighted by Crippen LogP contribution is -2.58. The molecule has 1 N–H and O–H groups in total. The van der Waals surface area contributed by atoms with Crippen molar-refractivity contribution in [3.63, 3.8) is 0 Å². The molecule has 3 aliphatic heterocycles. The first-order chi connectivity index (χ1) is 15.6. The SMILES string of the molecule is O=C1CCC(N2Cc3cc(O[C@@H]4CCCC[C@H]4N4CC(C5CC5)C4)ccc3C2=O)C(=O)N1. The van der Waals surface area contributed by atoms with Gasteiger partial charge in [-0.25, -0.2) is 0 Å². The summed E-state index contributed by atoms with van der Waals surface area (Å²) in [5.74, 6) is 1.93. The van der Waals surface area contributed by atoms with Crippen molar-refractivity contribution in [1.82, 2.24) is 15.1 Å². The number of nitrogens with zero attached hydrogens (tertiary/aromatic N) is 2. The lowest BCUT2D eigenvalue weighted by molar-refractivity contribution is -0.136. The van der Waals surface area contributed by atoms with Crippen molar-refractivity contribution in [3.05, 3.63) is 29.3 Å². The van der Waals surface area contributed by atoms with Gasteiger partial charge in [0, 0.05) is 37.7 Å². The second-order valence-electron chi connectivity index (χ2n) is 10.3. The van der Waals surface area contributed by atoms with Crippen LogP contribution in [0.4, 0.5) is 0 Å². The van der Waals surface area contributed by atoms with Gasteiger partial charge in [0.05, 0.1) is 0 Å². The van der Waals surface area contributed by atoms with Gasteiger partial charge in [0.15, 0.2) is 0 Å². The van der Waals surface area contributed by atoms with Crippen LogP contribution in [-0.4, -0.2) is 58.8 Å². The first-order valence-corrected chi connectivity index (χ1v) is 12.2. The van der Waals surface area contributed by atoms with Crippen LogP contribution in [0.3, 0.4) is 0 Å². The topological polar surface area (TPSA) is 79.0 Å². The summed E-state index contributed by atoms with van der Waals surface area (Å²) in [6.45, 7) is 2.85. The highest BCUT2D eigenvalue weighted by atomic mass is 16.5. The summed E-state index contributed by atoms with van der Waals surface area (Å²) in [7, 11) is 0. The van der Waals surface area contributed by atoms with E-state index in [1.165, 1.54) is 45.2 Å². The Kier molecular flexibility index (Phi) is 4.97. The normalized spacial score (nSPS) is 31.3. The molecule has 0 radical (unpaired) electrons. The Balaban J connectivity index is 1.13. The van der Waals surface area contributed by atoms with E-state index in [0.29, 0.717) is 24.6 Å². The molecule has 1 aromatic carbocycles. The number of amides is 3. The van der Waals surface area contributed by atoms with Crippen molar-refractivity contribution in [1.29, 1.82) is 0 Å². The van der Waals surface area contributed by atoms with Crippen molar-refractivity contribution < 1.29 is 19.1 Å². The number of carbonyl (C=O) groups is 3. The van der Waals surface area contributed by atoms with Gasteiger partial charge in [-0.15, -0.1) is 0 Å². The van der Waals surface area contributed by atoms with E-state index in [1.807, 2.05) is 18.2 Å². The molecule has 1 unspecified atom stereocenters. The van der Waals surface area contributed by atoms with E-state index in [1.54, 1.807) is 4.90 Å². The average Bonchev–Trinajstić information content (AvgIpc) is 3.52. The van der Waals surface area contributed by atoms with Crippen LogP contribution in [0.2, 0.25) is 0 Å².